The number of nitrogens with one attached hydrogen (secondary N) is 1. The predicted molar refractivity (Wildman–Crippen MR) is 76.9 cm³/mol. The Morgan fingerprint density at radius 3 is 2.89 bits per heavy atom. The third-order valence-electron chi connectivity index (χ3n) is 4.28. The van der Waals surface area contributed by atoms with Crippen LogP contribution in [0, 0.1) is 0 Å². The number of hydrogen-bond acceptors (Lipinski definition) is 2. The van der Waals surface area contributed by atoms with E-state index in [-0.39, 0.29) is 0 Å². The molecule has 19 heavy (non-hydrogen) atoms. The summed E-state index contributed by atoms with van der Waals surface area (Å²) in [4.78, 5) is 6.01. The average Bonchev–Trinajstić information content (AvgIpc) is 3.16. The first kappa shape index (κ1) is 11.4. The molecule has 0 saturated heterocycles. The molecule has 4 rings (SSSR count). The lowest BCUT2D eigenvalue weighted by atomic mass is 10.1. The summed E-state index contributed by atoms with van der Waals surface area (Å²) in [7, 11) is 2.20. The molecule has 2 heterocycles. The highest BCUT2D eigenvalue weighted by Crippen LogP contribution is 2.31. The van der Waals surface area contributed by atoms with Crippen molar-refractivity contribution in [2.24, 2.45) is 0 Å². The van der Waals surface area contributed by atoms with Crippen molar-refractivity contribution in [2.45, 2.75) is 31.8 Å². The Hall–Kier alpha value is -1.48. The Kier molecular flexibility index (Phi) is 2.55. The zero-order chi connectivity index (χ0) is 12.8. The maximum Gasteiger partial charge on any atom is 0.121 e. The third-order valence-corrected chi connectivity index (χ3v) is 4.28. The van der Waals surface area contributed by atoms with Gasteiger partial charge in [-0.2, -0.15) is 0 Å². The van der Waals surface area contributed by atoms with E-state index in [4.69, 9.17) is 4.74 Å². The van der Waals surface area contributed by atoms with Crippen molar-refractivity contribution in [3.05, 3.63) is 29.5 Å². The molecule has 0 unspecified atom stereocenters. The minimum atomic E-state index is 0.471. The van der Waals surface area contributed by atoms with Gasteiger partial charge in [0.15, 0.2) is 0 Å². The molecular formula is C16H20N2O. The quantitative estimate of drug-likeness (QED) is 0.895. The monoisotopic (exact) mass is 256 g/mol. The number of likely N-dealkylation sites (N-methyl/N-ethyl adjacent to an activating group) is 1. The van der Waals surface area contributed by atoms with Gasteiger partial charge in [0, 0.05) is 42.2 Å². The molecule has 0 atom stereocenters. The summed E-state index contributed by atoms with van der Waals surface area (Å²) in [6.45, 7) is 2.30. The molecule has 0 bridgehead atoms. The molecule has 0 radical (unpaired) electrons. The number of benzene rings is 1. The molecule has 1 saturated carbocycles. The van der Waals surface area contributed by atoms with Crippen LogP contribution < -0.4 is 4.74 Å². The van der Waals surface area contributed by atoms with Gasteiger partial charge in [0.25, 0.3) is 0 Å². The lowest BCUT2D eigenvalue weighted by molar-refractivity contribution is 0.303. The molecule has 100 valence electrons. The topological polar surface area (TPSA) is 28.3 Å². The first-order valence-electron chi connectivity index (χ1n) is 7.28. The summed E-state index contributed by atoms with van der Waals surface area (Å²) in [5.74, 6) is 1.02. The lowest BCUT2D eigenvalue weighted by Gasteiger charge is -2.11. The summed E-state index contributed by atoms with van der Waals surface area (Å²) >= 11 is 0. The second-order valence-electron chi connectivity index (χ2n) is 5.91. The zero-order valence-electron chi connectivity index (χ0n) is 11.4. The van der Waals surface area contributed by atoms with Gasteiger partial charge in [-0.25, -0.2) is 0 Å². The Morgan fingerprint density at radius 1 is 1.21 bits per heavy atom. The fraction of sp³-hybridized carbons (Fsp3) is 0.500. The second-order valence-corrected chi connectivity index (χ2v) is 5.91. The van der Waals surface area contributed by atoms with Crippen LogP contribution in [0.25, 0.3) is 10.9 Å². The minimum absolute atomic E-state index is 0.471. The van der Waals surface area contributed by atoms with Gasteiger partial charge in [0.05, 0.1) is 6.10 Å². The molecule has 0 amide bonds. The van der Waals surface area contributed by atoms with E-state index in [0.717, 1.165) is 31.7 Å². The molecule has 1 N–H and O–H groups in total. The van der Waals surface area contributed by atoms with Gasteiger partial charge in [0.1, 0.15) is 5.75 Å². The van der Waals surface area contributed by atoms with Crippen molar-refractivity contribution in [3.63, 3.8) is 0 Å². The van der Waals surface area contributed by atoms with Crippen LogP contribution in [0.3, 0.4) is 0 Å². The molecule has 2 aromatic rings. The highest BCUT2D eigenvalue weighted by Gasteiger charge is 2.24. The normalized spacial score (nSPS) is 20.3. The molecule has 1 aliphatic heterocycles. The van der Waals surface area contributed by atoms with Crippen molar-refractivity contribution in [2.75, 3.05) is 20.1 Å². The Bertz CT molecular complexity index is 612. The van der Waals surface area contributed by atoms with Crippen molar-refractivity contribution in [3.8, 4) is 5.75 Å². The van der Waals surface area contributed by atoms with Crippen molar-refractivity contribution >= 4 is 10.9 Å². The van der Waals surface area contributed by atoms with Crippen molar-refractivity contribution < 1.29 is 4.74 Å². The third kappa shape index (κ3) is 2.12. The van der Waals surface area contributed by atoms with Gasteiger partial charge in [-0.3, -0.25) is 0 Å². The number of hydrogen-bond donors (Lipinski definition) is 1. The summed E-state index contributed by atoms with van der Waals surface area (Å²) in [5, 5.41) is 1.38. The van der Waals surface area contributed by atoms with Crippen LogP contribution in [0.5, 0.6) is 5.75 Å². The maximum atomic E-state index is 5.88. The number of rotatable bonds is 2. The highest BCUT2D eigenvalue weighted by molar-refractivity contribution is 5.86. The highest BCUT2D eigenvalue weighted by atomic mass is 16.5. The van der Waals surface area contributed by atoms with Crippen LogP contribution in [0.15, 0.2) is 18.2 Å². The molecule has 1 aromatic carbocycles. The van der Waals surface area contributed by atoms with E-state index in [1.807, 2.05) is 0 Å². The molecule has 3 heteroatoms. The maximum absolute atomic E-state index is 5.88. The minimum Gasteiger partial charge on any atom is -0.490 e. The van der Waals surface area contributed by atoms with Gasteiger partial charge in [0.2, 0.25) is 0 Å². The fourth-order valence-corrected chi connectivity index (χ4v) is 2.96. The number of aromatic amines is 1. The van der Waals surface area contributed by atoms with Crippen LogP contribution >= 0.6 is 0 Å². The van der Waals surface area contributed by atoms with E-state index < -0.39 is 0 Å². The SMILES string of the molecule is CN1CCc2[nH]c3cc(OC4CC4)ccc3c2CC1. The Morgan fingerprint density at radius 2 is 2.05 bits per heavy atom. The molecule has 2 aliphatic rings. The van der Waals surface area contributed by atoms with E-state index >= 15 is 0 Å². The number of aromatic nitrogens is 1. The number of nitrogens with zero attached hydrogens (tertiary/aromatic N) is 1. The van der Waals surface area contributed by atoms with E-state index in [1.54, 1.807) is 0 Å². The summed E-state index contributed by atoms with van der Waals surface area (Å²) < 4.78 is 5.88. The molecule has 1 aliphatic carbocycles. The Labute approximate surface area is 113 Å². The average molecular weight is 256 g/mol. The Balaban J connectivity index is 1.72. The molecule has 1 aromatic heterocycles. The first-order chi connectivity index (χ1) is 9.29. The van der Waals surface area contributed by atoms with E-state index in [0.29, 0.717) is 6.10 Å². The zero-order valence-corrected chi connectivity index (χ0v) is 11.4. The lowest BCUT2D eigenvalue weighted by Crippen LogP contribution is -2.21. The summed E-state index contributed by atoms with van der Waals surface area (Å²) in [6.07, 6.45) is 5.17. The fourth-order valence-electron chi connectivity index (χ4n) is 2.96. The van der Waals surface area contributed by atoms with Gasteiger partial charge < -0.3 is 14.6 Å². The number of H-pyrrole nitrogens is 1. The van der Waals surface area contributed by atoms with E-state index in [1.165, 1.54) is 35.0 Å². The van der Waals surface area contributed by atoms with Crippen LogP contribution in [0.2, 0.25) is 0 Å². The molecule has 1 fully saturated rings. The van der Waals surface area contributed by atoms with Gasteiger partial charge in [-0.05, 0) is 44.0 Å². The number of ether oxygens (including phenoxy) is 1. The first-order valence-corrected chi connectivity index (χ1v) is 7.28. The smallest absolute Gasteiger partial charge is 0.121 e. The van der Waals surface area contributed by atoms with Gasteiger partial charge in [-0.1, -0.05) is 0 Å². The summed E-state index contributed by atoms with van der Waals surface area (Å²) in [6, 6.07) is 6.53. The van der Waals surface area contributed by atoms with Crippen LogP contribution in [-0.2, 0) is 12.8 Å². The standard InChI is InChI=1S/C16H20N2O/c1-18-8-6-14-13-5-4-12(19-11-2-3-11)10-16(13)17-15(14)7-9-18/h4-5,10-11,17H,2-3,6-9H2,1H3. The van der Waals surface area contributed by atoms with Crippen molar-refractivity contribution in [1.82, 2.24) is 9.88 Å². The van der Waals surface area contributed by atoms with Crippen LogP contribution in [0.4, 0.5) is 0 Å². The van der Waals surface area contributed by atoms with Crippen molar-refractivity contribution in [1.29, 1.82) is 0 Å². The summed E-state index contributed by atoms with van der Waals surface area (Å²) in [5.41, 5.74) is 4.17. The number of fused-ring (bicyclic) bond motifs is 3. The molecule has 3 nitrogen and oxygen atoms in total. The van der Waals surface area contributed by atoms with Crippen LogP contribution in [0.1, 0.15) is 24.1 Å². The second kappa shape index (κ2) is 4.27. The molecular weight excluding hydrogens is 236 g/mol. The molecule has 0 spiro atoms. The predicted octanol–water partition coefficient (Wildman–Crippen LogP) is 2.74. The van der Waals surface area contributed by atoms with E-state index in [2.05, 4.69) is 35.1 Å². The van der Waals surface area contributed by atoms with Crippen LogP contribution in [-0.4, -0.2) is 36.1 Å². The largest absolute Gasteiger partial charge is 0.490 e. The van der Waals surface area contributed by atoms with Gasteiger partial charge in [-0.15, -0.1) is 0 Å². The van der Waals surface area contributed by atoms with Gasteiger partial charge >= 0.3 is 0 Å². The van der Waals surface area contributed by atoms with E-state index in [9.17, 15) is 0 Å².